The first-order chi connectivity index (χ1) is 12.2. The van der Waals surface area contributed by atoms with Gasteiger partial charge in [-0.15, -0.1) is 0 Å². The van der Waals surface area contributed by atoms with Crippen molar-refractivity contribution in [3.63, 3.8) is 0 Å². The van der Waals surface area contributed by atoms with Crippen LogP contribution >= 0.6 is 0 Å². The molecular formula is C20H20N2O3. The predicted molar refractivity (Wildman–Crippen MR) is 98.9 cm³/mol. The Bertz CT molecular complexity index is 874. The van der Waals surface area contributed by atoms with Crippen LogP contribution in [0.4, 0.5) is 10.5 Å². The van der Waals surface area contributed by atoms with Gasteiger partial charge in [0, 0.05) is 18.3 Å². The van der Waals surface area contributed by atoms with Gasteiger partial charge in [0.15, 0.2) is 0 Å². The maximum absolute atomic E-state index is 12.0. The van der Waals surface area contributed by atoms with Gasteiger partial charge in [0.1, 0.15) is 5.75 Å². The van der Waals surface area contributed by atoms with Crippen LogP contribution < -0.4 is 15.4 Å². The van der Waals surface area contributed by atoms with Crippen LogP contribution in [0.15, 0.2) is 66.7 Å². The van der Waals surface area contributed by atoms with Crippen molar-refractivity contribution >= 4 is 22.5 Å². The molecule has 0 saturated carbocycles. The van der Waals surface area contributed by atoms with Crippen molar-refractivity contribution in [1.82, 2.24) is 5.32 Å². The van der Waals surface area contributed by atoms with Gasteiger partial charge >= 0.3 is 6.03 Å². The molecule has 0 heterocycles. The molecule has 0 bridgehead atoms. The molecule has 1 unspecified atom stereocenters. The van der Waals surface area contributed by atoms with Crippen molar-refractivity contribution in [3.8, 4) is 5.75 Å². The monoisotopic (exact) mass is 336 g/mol. The predicted octanol–water partition coefficient (Wildman–Crippen LogP) is 3.70. The molecule has 3 aromatic carbocycles. The molecule has 2 amide bonds. The first-order valence-electron chi connectivity index (χ1n) is 8.02. The average molecular weight is 336 g/mol. The summed E-state index contributed by atoms with van der Waals surface area (Å²) >= 11 is 0. The van der Waals surface area contributed by atoms with Crippen molar-refractivity contribution in [2.75, 3.05) is 19.0 Å². The van der Waals surface area contributed by atoms with Crippen molar-refractivity contribution in [2.45, 2.75) is 6.10 Å². The van der Waals surface area contributed by atoms with Gasteiger partial charge in [-0.1, -0.05) is 48.5 Å². The summed E-state index contributed by atoms with van der Waals surface area (Å²) in [5.74, 6) is 0.661. The highest BCUT2D eigenvalue weighted by Gasteiger charge is 2.12. The second-order valence-corrected chi connectivity index (χ2v) is 5.65. The van der Waals surface area contributed by atoms with E-state index in [1.165, 1.54) is 0 Å². The zero-order chi connectivity index (χ0) is 17.6. The summed E-state index contributed by atoms with van der Waals surface area (Å²) in [5, 5.41) is 17.9. The molecule has 1 atom stereocenters. The molecule has 5 nitrogen and oxygen atoms in total. The van der Waals surface area contributed by atoms with Gasteiger partial charge in [0.05, 0.1) is 13.2 Å². The standard InChI is InChI=1S/C20H20N2O3/c1-25-16-9-5-8-15(12-16)22-20(24)21-13-19(23)18-11-4-7-14-6-2-3-10-17(14)18/h2-12,19,23H,13H2,1H3,(H2,21,22,24). The Morgan fingerprint density at radius 2 is 1.84 bits per heavy atom. The molecule has 5 heteroatoms. The SMILES string of the molecule is COc1cccc(NC(=O)NCC(O)c2cccc3ccccc23)c1. The molecule has 3 N–H and O–H groups in total. The third-order valence-electron chi connectivity index (χ3n) is 3.97. The fraction of sp³-hybridized carbons (Fsp3) is 0.150. The van der Waals surface area contributed by atoms with Crippen LogP contribution in [0.5, 0.6) is 5.75 Å². The number of urea groups is 1. The number of rotatable bonds is 5. The van der Waals surface area contributed by atoms with Crippen molar-refractivity contribution in [3.05, 3.63) is 72.3 Å². The van der Waals surface area contributed by atoms with E-state index in [2.05, 4.69) is 10.6 Å². The van der Waals surface area contributed by atoms with E-state index < -0.39 is 6.10 Å². The van der Waals surface area contributed by atoms with Crippen LogP contribution in [0.1, 0.15) is 11.7 Å². The van der Waals surface area contributed by atoms with Crippen molar-refractivity contribution < 1.29 is 14.6 Å². The number of amides is 2. The van der Waals surface area contributed by atoms with E-state index in [-0.39, 0.29) is 12.6 Å². The number of methoxy groups -OCH3 is 1. The Hall–Kier alpha value is -3.05. The number of aliphatic hydroxyl groups is 1. The first kappa shape index (κ1) is 16.8. The fourth-order valence-corrected chi connectivity index (χ4v) is 2.72. The first-order valence-corrected chi connectivity index (χ1v) is 8.02. The maximum Gasteiger partial charge on any atom is 0.319 e. The minimum absolute atomic E-state index is 0.115. The zero-order valence-electron chi connectivity index (χ0n) is 13.9. The lowest BCUT2D eigenvalue weighted by Gasteiger charge is -2.15. The number of anilines is 1. The largest absolute Gasteiger partial charge is 0.497 e. The van der Waals surface area contributed by atoms with E-state index in [0.717, 1.165) is 16.3 Å². The summed E-state index contributed by atoms with van der Waals surface area (Å²) < 4.78 is 5.12. The van der Waals surface area contributed by atoms with E-state index >= 15 is 0 Å². The van der Waals surface area contributed by atoms with E-state index in [1.807, 2.05) is 42.5 Å². The molecule has 0 spiro atoms. The summed E-state index contributed by atoms with van der Waals surface area (Å²) in [6.45, 7) is 0.115. The third kappa shape index (κ3) is 4.08. The lowest BCUT2D eigenvalue weighted by Crippen LogP contribution is -2.32. The van der Waals surface area contributed by atoms with Crippen LogP contribution in [0.2, 0.25) is 0 Å². The van der Waals surface area contributed by atoms with Gasteiger partial charge < -0.3 is 20.5 Å². The van der Waals surface area contributed by atoms with E-state index in [1.54, 1.807) is 31.4 Å². The highest BCUT2D eigenvalue weighted by Crippen LogP contribution is 2.24. The van der Waals surface area contributed by atoms with Gasteiger partial charge in [0.2, 0.25) is 0 Å². The van der Waals surface area contributed by atoms with Crippen LogP contribution in [-0.2, 0) is 0 Å². The number of hydrogen-bond acceptors (Lipinski definition) is 3. The van der Waals surface area contributed by atoms with Crippen LogP contribution in [0.25, 0.3) is 10.8 Å². The molecule has 3 aromatic rings. The highest BCUT2D eigenvalue weighted by molar-refractivity contribution is 5.89. The van der Waals surface area contributed by atoms with Crippen LogP contribution in [-0.4, -0.2) is 24.8 Å². The molecule has 128 valence electrons. The van der Waals surface area contributed by atoms with Crippen molar-refractivity contribution in [2.24, 2.45) is 0 Å². The summed E-state index contributed by atoms with van der Waals surface area (Å²) in [5.41, 5.74) is 1.41. The topological polar surface area (TPSA) is 70.6 Å². The zero-order valence-corrected chi connectivity index (χ0v) is 13.9. The maximum atomic E-state index is 12.0. The second kappa shape index (κ2) is 7.68. The molecular weight excluding hydrogens is 316 g/mol. The molecule has 0 saturated heterocycles. The van der Waals surface area contributed by atoms with E-state index in [0.29, 0.717) is 11.4 Å². The third-order valence-corrected chi connectivity index (χ3v) is 3.97. The van der Waals surface area contributed by atoms with Crippen molar-refractivity contribution in [1.29, 1.82) is 0 Å². The van der Waals surface area contributed by atoms with Gasteiger partial charge in [-0.05, 0) is 28.5 Å². The number of hydrogen-bond donors (Lipinski definition) is 3. The Labute approximate surface area is 146 Å². The molecule has 0 fully saturated rings. The summed E-state index contributed by atoms with van der Waals surface area (Å²) in [4.78, 5) is 12.0. The Kier molecular flexibility index (Phi) is 5.16. The number of benzene rings is 3. The summed E-state index contributed by atoms with van der Waals surface area (Å²) in [7, 11) is 1.57. The number of ether oxygens (including phenoxy) is 1. The molecule has 0 radical (unpaired) electrons. The van der Waals surface area contributed by atoms with Crippen LogP contribution in [0.3, 0.4) is 0 Å². The minimum atomic E-state index is -0.790. The molecule has 0 aliphatic carbocycles. The molecule has 0 aliphatic rings. The molecule has 3 rings (SSSR count). The fourth-order valence-electron chi connectivity index (χ4n) is 2.72. The summed E-state index contributed by atoms with van der Waals surface area (Å²) in [6.07, 6.45) is -0.790. The van der Waals surface area contributed by atoms with E-state index in [4.69, 9.17) is 4.74 Å². The number of fused-ring (bicyclic) bond motifs is 1. The molecule has 25 heavy (non-hydrogen) atoms. The summed E-state index contributed by atoms with van der Waals surface area (Å²) in [6, 6.07) is 20.3. The second-order valence-electron chi connectivity index (χ2n) is 5.65. The van der Waals surface area contributed by atoms with Gasteiger partial charge in [0.25, 0.3) is 0 Å². The highest BCUT2D eigenvalue weighted by atomic mass is 16.5. The van der Waals surface area contributed by atoms with Gasteiger partial charge in [-0.3, -0.25) is 0 Å². The number of carbonyl (C=O) groups excluding carboxylic acids is 1. The smallest absolute Gasteiger partial charge is 0.319 e. The Morgan fingerprint density at radius 3 is 2.68 bits per heavy atom. The number of carbonyl (C=O) groups is 1. The lowest BCUT2D eigenvalue weighted by molar-refractivity contribution is 0.176. The Balaban J connectivity index is 1.63. The van der Waals surface area contributed by atoms with Gasteiger partial charge in [-0.25, -0.2) is 4.79 Å². The quantitative estimate of drug-likeness (QED) is 0.665. The Morgan fingerprint density at radius 1 is 1.08 bits per heavy atom. The lowest BCUT2D eigenvalue weighted by atomic mass is 10.0. The average Bonchev–Trinajstić information content (AvgIpc) is 2.65. The molecule has 0 aliphatic heterocycles. The minimum Gasteiger partial charge on any atom is -0.497 e. The van der Waals surface area contributed by atoms with Gasteiger partial charge in [-0.2, -0.15) is 0 Å². The van der Waals surface area contributed by atoms with Crippen LogP contribution in [0, 0.1) is 0 Å². The normalized spacial score (nSPS) is 11.8. The van der Waals surface area contributed by atoms with E-state index in [9.17, 15) is 9.90 Å². The number of nitrogens with one attached hydrogen (secondary N) is 2. The number of aliphatic hydroxyl groups excluding tert-OH is 1. The molecule has 0 aromatic heterocycles.